The van der Waals surface area contributed by atoms with Crippen molar-refractivity contribution >= 4 is 5.91 Å². The van der Waals surface area contributed by atoms with E-state index < -0.39 is 0 Å². The van der Waals surface area contributed by atoms with Crippen molar-refractivity contribution in [2.24, 2.45) is 7.05 Å². The highest BCUT2D eigenvalue weighted by atomic mass is 16.2. The number of nitrogens with zero attached hydrogens (tertiary/aromatic N) is 3. The molecule has 1 N–H and O–H groups in total. The van der Waals surface area contributed by atoms with Crippen molar-refractivity contribution in [3.63, 3.8) is 0 Å². The molecule has 1 aliphatic rings. The number of piperidine rings is 1. The SMILES string of the molecule is Cn1ccc(C(=O)N2CCC(c3cnc[nH]3)CC2)c1-c1ccccc1. The summed E-state index contributed by atoms with van der Waals surface area (Å²) < 4.78 is 2.03. The van der Waals surface area contributed by atoms with Crippen molar-refractivity contribution in [1.29, 1.82) is 0 Å². The van der Waals surface area contributed by atoms with E-state index in [0.717, 1.165) is 42.8 Å². The third kappa shape index (κ3) is 2.97. The summed E-state index contributed by atoms with van der Waals surface area (Å²) in [4.78, 5) is 22.4. The molecule has 25 heavy (non-hydrogen) atoms. The van der Waals surface area contributed by atoms with Gasteiger partial charge in [0, 0.05) is 44.1 Å². The predicted molar refractivity (Wildman–Crippen MR) is 97.3 cm³/mol. The highest BCUT2D eigenvalue weighted by molar-refractivity contribution is 6.00. The molecule has 5 heteroatoms. The summed E-state index contributed by atoms with van der Waals surface area (Å²) in [6.45, 7) is 1.57. The predicted octanol–water partition coefficient (Wildman–Crippen LogP) is 3.44. The van der Waals surface area contributed by atoms with Gasteiger partial charge in [0.1, 0.15) is 0 Å². The quantitative estimate of drug-likeness (QED) is 0.798. The van der Waals surface area contributed by atoms with E-state index >= 15 is 0 Å². The van der Waals surface area contributed by atoms with Crippen LogP contribution in [0.1, 0.15) is 34.8 Å². The molecule has 0 spiro atoms. The smallest absolute Gasteiger partial charge is 0.256 e. The van der Waals surface area contributed by atoms with Gasteiger partial charge in [-0.15, -0.1) is 0 Å². The zero-order valence-corrected chi connectivity index (χ0v) is 14.4. The number of aryl methyl sites for hydroxylation is 1. The molecule has 0 saturated carbocycles. The van der Waals surface area contributed by atoms with Gasteiger partial charge in [0.2, 0.25) is 0 Å². The molecule has 4 rings (SSSR count). The number of hydrogen-bond donors (Lipinski definition) is 1. The van der Waals surface area contributed by atoms with E-state index in [1.165, 1.54) is 5.69 Å². The fraction of sp³-hybridized carbons (Fsp3) is 0.300. The first-order valence-electron chi connectivity index (χ1n) is 8.72. The second-order valence-electron chi connectivity index (χ2n) is 6.63. The van der Waals surface area contributed by atoms with Gasteiger partial charge in [0.25, 0.3) is 5.91 Å². The molecule has 0 bridgehead atoms. The minimum Gasteiger partial charge on any atom is -0.350 e. The van der Waals surface area contributed by atoms with Gasteiger partial charge in [-0.3, -0.25) is 4.79 Å². The minimum absolute atomic E-state index is 0.127. The minimum atomic E-state index is 0.127. The van der Waals surface area contributed by atoms with E-state index in [1.54, 1.807) is 6.33 Å². The molecule has 2 aromatic heterocycles. The van der Waals surface area contributed by atoms with Crippen molar-refractivity contribution < 1.29 is 4.79 Å². The number of carbonyl (C=O) groups is 1. The van der Waals surface area contributed by atoms with Crippen LogP contribution in [0.15, 0.2) is 55.1 Å². The lowest BCUT2D eigenvalue weighted by Gasteiger charge is -2.31. The van der Waals surface area contributed by atoms with Crippen LogP contribution in [0, 0.1) is 0 Å². The van der Waals surface area contributed by atoms with Crippen LogP contribution in [0.25, 0.3) is 11.3 Å². The fourth-order valence-corrected chi connectivity index (χ4v) is 3.71. The van der Waals surface area contributed by atoms with E-state index in [2.05, 4.69) is 22.1 Å². The van der Waals surface area contributed by atoms with Gasteiger partial charge < -0.3 is 14.5 Å². The van der Waals surface area contributed by atoms with E-state index in [4.69, 9.17) is 0 Å². The van der Waals surface area contributed by atoms with Crippen LogP contribution in [0.3, 0.4) is 0 Å². The van der Waals surface area contributed by atoms with Crippen LogP contribution in [0.2, 0.25) is 0 Å². The van der Waals surface area contributed by atoms with Gasteiger partial charge in [-0.25, -0.2) is 4.98 Å². The van der Waals surface area contributed by atoms with Crippen molar-refractivity contribution in [2.75, 3.05) is 13.1 Å². The highest BCUT2D eigenvalue weighted by Crippen LogP contribution is 2.30. The lowest BCUT2D eigenvalue weighted by molar-refractivity contribution is 0.0713. The monoisotopic (exact) mass is 334 g/mol. The number of carbonyl (C=O) groups excluding carboxylic acids is 1. The van der Waals surface area contributed by atoms with Gasteiger partial charge in [-0.2, -0.15) is 0 Å². The Bertz CT molecular complexity index is 843. The molecular formula is C20H22N4O. The van der Waals surface area contributed by atoms with Crippen LogP contribution in [-0.4, -0.2) is 38.4 Å². The maximum Gasteiger partial charge on any atom is 0.256 e. The van der Waals surface area contributed by atoms with Crippen LogP contribution in [-0.2, 0) is 7.05 Å². The number of nitrogens with one attached hydrogen (secondary N) is 1. The summed E-state index contributed by atoms with van der Waals surface area (Å²) >= 11 is 0. The largest absolute Gasteiger partial charge is 0.350 e. The summed E-state index contributed by atoms with van der Waals surface area (Å²) in [7, 11) is 1.99. The summed E-state index contributed by atoms with van der Waals surface area (Å²) in [5.41, 5.74) is 4.03. The van der Waals surface area contributed by atoms with Crippen LogP contribution in [0.5, 0.6) is 0 Å². The Labute approximate surface area is 147 Å². The molecule has 0 aliphatic carbocycles. The Hall–Kier alpha value is -2.82. The molecule has 3 heterocycles. The number of H-pyrrole nitrogens is 1. The first-order valence-corrected chi connectivity index (χ1v) is 8.72. The summed E-state index contributed by atoms with van der Waals surface area (Å²) in [5.74, 6) is 0.596. The third-order valence-electron chi connectivity index (χ3n) is 5.09. The number of likely N-dealkylation sites (tertiary alicyclic amines) is 1. The van der Waals surface area contributed by atoms with E-state index in [-0.39, 0.29) is 5.91 Å². The molecule has 0 atom stereocenters. The first kappa shape index (κ1) is 15.7. The van der Waals surface area contributed by atoms with Gasteiger partial charge in [-0.05, 0) is 24.5 Å². The standard InChI is InChI=1S/C20H22N4O/c1-23-10-9-17(19(23)16-5-3-2-4-6-16)20(25)24-11-7-15(8-12-24)18-13-21-14-22-18/h2-6,9-10,13-15H,7-8,11-12H2,1H3,(H,21,22). The molecule has 1 amide bonds. The molecule has 5 nitrogen and oxygen atoms in total. The van der Waals surface area contributed by atoms with Crippen LogP contribution >= 0.6 is 0 Å². The molecule has 0 radical (unpaired) electrons. The maximum absolute atomic E-state index is 13.1. The number of benzene rings is 1. The van der Waals surface area contributed by atoms with Gasteiger partial charge in [-0.1, -0.05) is 30.3 Å². The average Bonchev–Trinajstić information content (AvgIpc) is 3.32. The average molecular weight is 334 g/mol. The zero-order valence-electron chi connectivity index (χ0n) is 14.4. The van der Waals surface area contributed by atoms with Crippen molar-refractivity contribution in [3.05, 3.63) is 66.4 Å². The first-order chi connectivity index (χ1) is 12.2. The van der Waals surface area contributed by atoms with E-state index in [9.17, 15) is 4.79 Å². The fourth-order valence-electron chi connectivity index (χ4n) is 3.71. The maximum atomic E-state index is 13.1. The Morgan fingerprint density at radius 3 is 2.60 bits per heavy atom. The summed E-state index contributed by atoms with van der Waals surface area (Å²) in [5, 5.41) is 0. The lowest BCUT2D eigenvalue weighted by atomic mass is 9.93. The van der Waals surface area contributed by atoms with Crippen LogP contribution < -0.4 is 0 Å². The van der Waals surface area contributed by atoms with Gasteiger partial charge in [0.15, 0.2) is 0 Å². The second kappa shape index (κ2) is 6.59. The molecule has 1 saturated heterocycles. The summed E-state index contributed by atoms with van der Waals surface area (Å²) in [6.07, 6.45) is 7.53. The van der Waals surface area contributed by atoms with Gasteiger partial charge in [0.05, 0.1) is 17.6 Å². The molecule has 3 aromatic rings. The number of aromatic amines is 1. The Morgan fingerprint density at radius 1 is 1.16 bits per heavy atom. The lowest BCUT2D eigenvalue weighted by Crippen LogP contribution is -2.38. The third-order valence-corrected chi connectivity index (χ3v) is 5.09. The number of amides is 1. The van der Waals surface area contributed by atoms with Crippen molar-refractivity contribution in [2.45, 2.75) is 18.8 Å². The normalized spacial score (nSPS) is 15.5. The summed E-state index contributed by atoms with van der Waals surface area (Å²) in [6, 6.07) is 12.0. The Balaban J connectivity index is 1.53. The molecular weight excluding hydrogens is 312 g/mol. The number of hydrogen-bond acceptors (Lipinski definition) is 2. The number of aromatic nitrogens is 3. The molecule has 128 valence electrons. The molecule has 1 aliphatic heterocycles. The zero-order chi connectivity index (χ0) is 17.2. The van der Waals surface area contributed by atoms with Gasteiger partial charge >= 0.3 is 0 Å². The molecule has 0 unspecified atom stereocenters. The van der Waals surface area contributed by atoms with Crippen molar-refractivity contribution in [3.8, 4) is 11.3 Å². The topological polar surface area (TPSA) is 53.9 Å². The highest BCUT2D eigenvalue weighted by Gasteiger charge is 2.27. The molecule has 1 fully saturated rings. The van der Waals surface area contributed by atoms with Crippen molar-refractivity contribution in [1.82, 2.24) is 19.4 Å². The second-order valence-corrected chi connectivity index (χ2v) is 6.63. The molecule has 1 aromatic carbocycles. The van der Waals surface area contributed by atoms with E-state index in [0.29, 0.717) is 5.92 Å². The number of imidazole rings is 1. The van der Waals surface area contributed by atoms with E-state index in [1.807, 2.05) is 53.2 Å². The Kier molecular flexibility index (Phi) is 4.14. The van der Waals surface area contributed by atoms with Crippen LogP contribution in [0.4, 0.5) is 0 Å². The number of rotatable bonds is 3. The Morgan fingerprint density at radius 2 is 1.92 bits per heavy atom.